The van der Waals surface area contributed by atoms with Crippen molar-refractivity contribution in [2.45, 2.75) is 13.0 Å². The quantitative estimate of drug-likeness (QED) is 0.546. The third-order valence-electron chi connectivity index (χ3n) is 4.36. The summed E-state index contributed by atoms with van der Waals surface area (Å²) in [6, 6.07) is 18.2. The molecule has 3 amide bonds. The van der Waals surface area contributed by atoms with E-state index in [9.17, 15) is 18.4 Å². The van der Waals surface area contributed by atoms with Crippen LogP contribution in [-0.2, 0) is 13.0 Å². The summed E-state index contributed by atoms with van der Waals surface area (Å²) in [6.45, 7) is 0.645. The van der Waals surface area contributed by atoms with E-state index in [2.05, 4.69) is 16.0 Å². The monoisotopic (exact) mass is 409 g/mol. The molecule has 0 saturated heterocycles. The van der Waals surface area contributed by atoms with Crippen LogP contribution in [0.25, 0.3) is 0 Å². The van der Waals surface area contributed by atoms with Gasteiger partial charge in [-0.15, -0.1) is 0 Å². The molecule has 5 nitrogen and oxygen atoms in total. The number of halogens is 2. The lowest BCUT2D eigenvalue weighted by atomic mass is 10.1. The fraction of sp³-hybridized carbons (Fsp3) is 0.130. The molecule has 0 radical (unpaired) electrons. The Kier molecular flexibility index (Phi) is 7.10. The smallest absolute Gasteiger partial charge is 0.319 e. The second kappa shape index (κ2) is 10.2. The van der Waals surface area contributed by atoms with Gasteiger partial charge in [-0.25, -0.2) is 13.6 Å². The van der Waals surface area contributed by atoms with E-state index >= 15 is 0 Å². The number of hydrogen-bond acceptors (Lipinski definition) is 2. The standard InChI is InChI=1S/C23H21F2N3O2/c24-19-8-4-17(5-9-19)15-27-22(29)18-6-10-21(11-7-18)28-23(30)26-13-12-16-2-1-3-20(25)14-16/h1-11,14H,12-13,15H2,(H,27,29)(H2,26,28,30). The first-order valence-electron chi connectivity index (χ1n) is 9.41. The highest BCUT2D eigenvalue weighted by Gasteiger charge is 2.07. The Balaban J connectivity index is 1.43. The van der Waals surface area contributed by atoms with Gasteiger partial charge in [0.05, 0.1) is 0 Å². The molecule has 0 aliphatic rings. The van der Waals surface area contributed by atoms with E-state index < -0.39 is 0 Å². The maximum atomic E-state index is 13.1. The summed E-state index contributed by atoms with van der Waals surface area (Å²) in [5, 5.41) is 8.13. The molecule has 0 heterocycles. The second-order valence-corrected chi connectivity index (χ2v) is 6.65. The van der Waals surface area contributed by atoms with Gasteiger partial charge in [0.15, 0.2) is 0 Å². The molecule has 0 spiro atoms. The normalized spacial score (nSPS) is 10.3. The number of urea groups is 1. The number of benzene rings is 3. The lowest BCUT2D eigenvalue weighted by Crippen LogP contribution is -2.30. The Bertz CT molecular complexity index is 1010. The van der Waals surface area contributed by atoms with E-state index in [-0.39, 0.29) is 30.1 Å². The molecule has 0 fully saturated rings. The van der Waals surface area contributed by atoms with Crippen LogP contribution in [0.15, 0.2) is 72.8 Å². The van der Waals surface area contributed by atoms with Crippen LogP contribution in [0.2, 0.25) is 0 Å². The highest BCUT2D eigenvalue weighted by atomic mass is 19.1. The molecule has 30 heavy (non-hydrogen) atoms. The van der Waals surface area contributed by atoms with Gasteiger partial charge in [-0.2, -0.15) is 0 Å². The maximum Gasteiger partial charge on any atom is 0.319 e. The first-order chi connectivity index (χ1) is 14.5. The highest BCUT2D eigenvalue weighted by molar-refractivity contribution is 5.95. The number of hydrogen-bond donors (Lipinski definition) is 3. The van der Waals surface area contributed by atoms with Crippen molar-refractivity contribution in [3.05, 3.63) is 101 Å². The minimum Gasteiger partial charge on any atom is -0.348 e. The van der Waals surface area contributed by atoms with E-state index in [0.29, 0.717) is 24.2 Å². The summed E-state index contributed by atoms with van der Waals surface area (Å²) in [7, 11) is 0. The molecule has 0 aromatic heterocycles. The summed E-state index contributed by atoms with van der Waals surface area (Å²) in [5.41, 5.74) is 2.56. The van der Waals surface area contributed by atoms with Crippen LogP contribution in [0, 0.1) is 11.6 Å². The van der Waals surface area contributed by atoms with Gasteiger partial charge in [-0.05, 0) is 66.1 Å². The second-order valence-electron chi connectivity index (χ2n) is 6.65. The summed E-state index contributed by atoms with van der Waals surface area (Å²) < 4.78 is 26.0. The molecular formula is C23H21F2N3O2. The van der Waals surface area contributed by atoms with Crippen LogP contribution in [0.4, 0.5) is 19.3 Å². The van der Waals surface area contributed by atoms with Gasteiger partial charge in [0, 0.05) is 24.3 Å². The zero-order valence-electron chi connectivity index (χ0n) is 16.1. The van der Waals surface area contributed by atoms with E-state index in [1.54, 1.807) is 48.5 Å². The first-order valence-corrected chi connectivity index (χ1v) is 9.41. The molecule has 0 aliphatic heterocycles. The van der Waals surface area contributed by atoms with Crippen molar-refractivity contribution in [2.75, 3.05) is 11.9 Å². The molecule has 7 heteroatoms. The van der Waals surface area contributed by atoms with E-state index in [4.69, 9.17) is 0 Å². The molecule has 3 rings (SSSR count). The average molecular weight is 409 g/mol. The van der Waals surface area contributed by atoms with Gasteiger partial charge in [0.25, 0.3) is 5.91 Å². The van der Waals surface area contributed by atoms with Crippen LogP contribution >= 0.6 is 0 Å². The van der Waals surface area contributed by atoms with Crippen LogP contribution in [0.1, 0.15) is 21.5 Å². The summed E-state index contributed by atoms with van der Waals surface area (Å²) in [6.07, 6.45) is 0.512. The Labute approximate surface area is 173 Å². The van der Waals surface area contributed by atoms with Crippen LogP contribution in [-0.4, -0.2) is 18.5 Å². The van der Waals surface area contributed by atoms with E-state index in [1.165, 1.54) is 24.3 Å². The summed E-state index contributed by atoms with van der Waals surface area (Å²) in [5.74, 6) is -0.907. The largest absolute Gasteiger partial charge is 0.348 e. The first kappa shape index (κ1) is 21.0. The van der Waals surface area contributed by atoms with Crippen molar-refractivity contribution in [2.24, 2.45) is 0 Å². The number of rotatable bonds is 7. The van der Waals surface area contributed by atoms with Gasteiger partial charge in [0.1, 0.15) is 11.6 Å². The fourth-order valence-electron chi connectivity index (χ4n) is 2.78. The van der Waals surface area contributed by atoms with Gasteiger partial charge in [-0.3, -0.25) is 4.79 Å². The van der Waals surface area contributed by atoms with Crippen LogP contribution < -0.4 is 16.0 Å². The van der Waals surface area contributed by atoms with E-state index in [1.807, 2.05) is 0 Å². The van der Waals surface area contributed by atoms with Crippen molar-refractivity contribution in [3.63, 3.8) is 0 Å². The van der Waals surface area contributed by atoms with Crippen molar-refractivity contribution >= 4 is 17.6 Å². The molecule has 0 aliphatic carbocycles. The minimum absolute atomic E-state index is 0.273. The molecule has 3 aromatic carbocycles. The predicted octanol–water partition coefficient (Wildman–Crippen LogP) is 4.26. The van der Waals surface area contributed by atoms with E-state index in [0.717, 1.165) is 11.1 Å². The van der Waals surface area contributed by atoms with Crippen LogP contribution in [0.5, 0.6) is 0 Å². The summed E-state index contributed by atoms with van der Waals surface area (Å²) in [4.78, 5) is 24.2. The van der Waals surface area contributed by atoms with Crippen molar-refractivity contribution < 1.29 is 18.4 Å². The zero-order chi connectivity index (χ0) is 21.3. The van der Waals surface area contributed by atoms with Gasteiger partial charge in [0.2, 0.25) is 0 Å². The third-order valence-corrected chi connectivity index (χ3v) is 4.36. The SMILES string of the molecule is O=C(NCCc1cccc(F)c1)Nc1ccc(C(=O)NCc2ccc(F)cc2)cc1. The maximum absolute atomic E-state index is 13.1. The summed E-state index contributed by atoms with van der Waals surface area (Å²) >= 11 is 0. The Morgan fingerprint density at radius 1 is 0.767 bits per heavy atom. The zero-order valence-corrected chi connectivity index (χ0v) is 16.1. The van der Waals surface area contributed by atoms with Gasteiger partial charge >= 0.3 is 6.03 Å². The Hall–Kier alpha value is -3.74. The highest BCUT2D eigenvalue weighted by Crippen LogP contribution is 2.10. The van der Waals surface area contributed by atoms with Crippen molar-refractivity contribution in [3.8, 4) is 0 Å². The number of anilines is 1. The molecule has 3 aromatic rings. The average Bonchev–Trinajstić information content (AvgIpc) is 2.74. The molecular weight excluding hydrogens is 388 g/mol. The molecule has 154 valence electrons. The fourth-order valence-corrected chi connectivity index (χ4v) is 2.78. The topological polar surface area (TPSA) is 70.2 Å². The van der Waals surface area contributed by atoms with Gasteiger partial charge < -0.3 is 16.0 Å². The Morgan fingerprint density at radius 3 is 2.20 bits per heavy atom. The molecule has 0 saturated carbocycles. The molecule has 0 atom stereocenters. The lowest BCUT2D eigenvalue weighted by molar-refractivity contribution is 0.0951. The van der Waals surface area contributed by atoms with Crippen molar-refractivity contribution in [1.82, 2.24) is 10.6 Å². The van der Waals surface area contributed by atoms with Gasteiger partial charge in [-0.1, -0.05) is 24.3 Å². The van der Waals surface area contributed by atoms with Crippen LogP contribution in [0.3, 0.4) is 0 Å². The molecule has 0 bridgehead atoms. The number of carbonyl (C=O) groups excluding carboxylic acids is 2. The predicted molar refractivity (Wildman–Crippen MR) is 111 cm³/mol. The third kappa shape index (κ3) is 6.41. The molecule has 0 unspecified atom stereocenters. The lowest BCUT2D eigenvalue weighted by Gasteiger charge is -2.09. The Morgan fingerprint density at radius 2 is 1.50 bits per heavy atom. The number of carbonyl (C=O) groups is 2. The number of amides is 3. The minimum atomic E-state index is -0.389. The number of nitrogens with one attached hydrogen (secondary N) is 3. The van der Waals surface area contributed by atoms with Crippen molar-refractivity contribution in [1.29, 1.82) is 0 Å². The molecule has 3 N–H and O–H groups in total.